The van der Waals surface area contributed by atoms with Crippen LogP contribution in [0.15, 0.2) is 42.0 Å². The summed E-state index contributed by atoms with van der Waals surface area (Å²) in [4.78, 5) is 11.5. The highest BCUT2D eigenvalue weighted by atomic mass is 31.2. The molecular formula is C18H27O4P. The Morgan fingerprint density at radius 3 is 2.48 bits per heavy atom. The van der Waals surface area contributed by atoms with Crippen LogP contribution in [0.5, 0.6) is 0 Å². The zero-order valence-electron chi connectivity index (χ0n) is 14.2. The molecular weight excluding hydrogens is 311 g/mol. The summed E-state index contributed by atoms with van der Waals surface area (Å²) < 4.78 is 18.3. The number of benzene rings is 1. The van der Waals surface area contributed by atoms with Gasteiger partial charge in [0.1, 0.15) is 0 Å². The number of aryl methyl sites for hydroxylation is 1. The van der Waals surface area contributed by atoms with Gasteiger partial charge in [-0.1, -0.05) is 50.3 Å². The number of aliphatic carboxylic acids is 1. The van der Waals surface area contributed by atoms with Crippen LogP contribution in [-0.2, 0) is 20.3 Å². The number of hydrogen-bond acceptors (Lipinski definition) is 3. The van der Waals surface area contributed by atoms with E-state index in [1.165, 1.54) is 0 Å². The van der Waals surface area contributed by atoms with Crippen LogP contribution in [-0.4, -0.2) is 30.0 Å². The van der Waals surface area contributed by atoms with Crippen molar-refractivity contribution in [3.63, 3.8) is 0 Å². The molecule has 0 aromatic heterocycles. The van der Waals surface area contributed by atoms with Crippen molar-refractivity contribution >= 4 is 13.3 Å². The van der Waals surface area contributed by atoms with Gasteiger partial charge in [0.2, 0.25) is 7.37 Å². The quantitative estimate of drug-likeness (QED) is 0.500. The summed E-state index contributed by atoms with van der Waals surface area (Å²) in [6.45, 7) is 6.05. The van der Waals surface area contributed by atoms with Crippen LogP contribution in [0.2, 0.25) is 0 Å². The van der Waals surface area contributed by atoms with E-state index in [0.29, 0.717) is 19.2 Å². The van der Waals surface area contributed by atoms with E-state index in [4.69, 9.17) is 4.52 Å². The first-order chi connectivity index (χ1) is 10.9. The molecule has 5 heteroatoms. The predicted octanol–water partition coefficient (Wildman–Crippen LogP) is 4.60. The first-order valence-electron chi connectivity index (χ1n) is 8.05. The SMILES string of the molecule is CCOP(=O)(C/C(=C/CCc1ccccc1)C(=O)O)CC(C)C. The molecule has 1 aromatic rings. The molecule has 0 aliphatic rings. The van der Waals surface area contributed by atoms with Crippen molar-refractivity contribution in [3.05, 3.63) is 47.5 Å². The van der Waals surface area contributed by atoms with Gasteiger partial charge in [0.25, 0.3) is 0 Å². The lowest BCUT2D eigenvalue weighted by Gasteiger charge is -2.20. The van der Waals surface area contributed by atoms with Crippen LogP contribution >= 0.6 is 7.37 Å². The number of rotatable bonds is 10. The van der Waals surface area contributed by atoms with Crippen molar-refractivity contribution in [2.75, 3.05) is 18.9 Å². The zero-order valence-corrected chi connectivity index (χ0v) is 15.1. The van der Waals surface area contributed by atoms with Gasteiger partial charge in [0.15, 0.2) is 0 Å². The minimum Gasteiger partial charge on any atom is -0.478 e. The average molecular weight is 338 g/mol. The Labute approximate surface area is 139 Å². The van der Waals surface area contributed by atoms with Crippen LogP contribution < -0.4 is 0 Å². The minimum absolute atomic E-state index is 0.00312. The van der Waals surface area contributed by atoms with Crippen LogP contribution in [0.3, 0.4) is 0 Å². The van der Waals surface area contributed by atoms with Gasteiger partial charge < -0.3 is 9.63 Å². The number of carbonyl (C=O) groups is 1. The summed E-state index contributed by atoms with van der Waals surface area (Å²) in [7, 11) is -2.95. The lowest BCUT2D eigenvalue weighted by molar-refractivity contribution is -0.132. The third-order valence-electron chi connectivity index (χ3n) is 3.36. The van der Waals surface area contributed by atoms with Gasteiger partial charge in [-0.05, 0) is 31.2 Å². The van der Waals surface area contributed by atoms with E-state index in [0.717, 1.165) is 12.0 Å². The fourth-order valence-electron chi connectivity index (χ4n) is 2.49. The third kappa shape index (κ3) is 7.62. The van der Waals surface area contributed by atoms with Gasteiger partial charge in [-0.15, -0.1) is 0 Å². The van der Waals surface area contributed by atoms with E-state index < -0.39 is 13.3 Å². The smallest absolute Gasteiger partial charge is 0.331 e. The highest BCUT2D eigenvalue weighted by molar-refractivity contribution is 7.59. The lowest BCUT2D eigenvalue weighted by atomic mass is 10.1. The molecule has 128 valence electrons. The fourth-order valence-corrected chi connectivity index (χ4v) is 5.18. The standard InChI is InChI=1S/C18H27O4P/c1-4-22-23(21,13-15(2)3)14-17(18(19)20)12-8-11-16-9-6-5-7-10-16/h5-7,9-10,12,15H,4,8,11,13-14H2,1-3H3,(H,19,20)/b17-12-. The lowest BCUT2D eigenvalue weighted by Crippen LogP contribution is -2.12. The number of allylic oxidation sites excluding steroid dienone is 1. The maximum atomic E-state index is 12.8. The molecule has 1 atom stereocenters. The molecule has 0 saturated heterocycles. The summed E-state index contributed by atoms with van der Waals surface area (Å²) >= 11 is 0. The molecule has 0 heterocycles. The summed E-state index contributed by atoms with van der Waals surface area (Å²) in [6.07, 6.45) is 3.47. The van der Waals surface area contributed by atoms with Crippen molar-refractivity contribution in [3.8, 4) is 0 Å². The summed E-state index contributed by atoms with van der Waals surface area (Å²) in [5, 5.41) is 9.39. The first-order valence-corrected chi connectivity index (χ1v) is 10.0. The Morgan fingerprint density at radius 2 is 1.96 bits per heavy atom. The minimum atomic E-state index is -2.95. The zero-order chi connectivity index (χ0) is 17.3. The Balaban J connectivity index is 2.77. The second kappa shape index (κ2) is 9.69. The molecule has 0 fully saturated rings. The van der Waals surface area contributed by atoms with Gasteiger partial charge in [0, 0.05) is 11.7 Å². The molecule has 1 aromatic carbocycles. The molecule has 4 nitrogen and oxygen atoms in total. The molecule has 1 N–H and O–H groups in total. The molecule has 0 aliphatic carbocycles. The molecule has 0 bridgehead atoms. The molecule has 0 spiro atoms. The average Bonchev–Trinajstić information content (AvgIpc) is 2.46. The predicted molar refractivity (Wildman–Crippen MR) is 94.3 cm³/mol. The van der Waals surface area contributed by atoms with E-state index in [2.05, 4.69) is 0 Å². The number of carboxylic acid groups (broad SMARTS) is 1. The normalized spacial score (nSPS) is 14.7. The van der Waals surface area contributed by atoms with E-state index >= 15 is 0 Å². The van der Waals surface area contributed by atoms with E-state index in [1.54, 1.807) is 13.0 Å². The van der Waals surface area contributed by atoms with Crippen molar-refractivity contribution in [2.45, 2.75) is 33.6 Å². The molecule has 0 aliphatic heterocycles. The highest BCUT2D eigenvalue weighted by Gasteiger charge is 2.27. The highest BCUT2D eigenvalue weighted by Crippen LogP contribution is 2.50. The Kier molecular flexibility index (Phi) is 8.29. The molecule has 0 amide bonds. The Hall–Kier alpha value is -1.38. The Bertz CT molecular complexity index is 564. The van der Waals surface area contributed by atoms with Gasteiger partial charge >= 0.3 is 5.97 Å². The maximum Gasteiger partial charge on any atom is 0.331 e. The summed E-state index contributed by atoms with van der Waals surface area (Å²) in [6, 6.07) is 9.90. The van der Waals surface area contributed by atoms with Crippen molar-refractivity contribution in [1.29, 1.82) is 0 Å². The molecule has 0 saturated carbocycles. The molecule has 1 rings (SSSR count). The van der Waals surface area contributed by atoms with Crippen LogP contribution in [0.25, 0.3) is 0 Å². The number of hydrogen-bond donors (Lipinski definition) is 1. The first kappa shape index (κ1) is 19.7. The van der Waals surface area contributed by atoms with Gasteiger partial charge in [-0.25, -0.2) is 4.79 Å². The third-order valence-corrected chi connectivity index (χ3v) is 6.20. The van der Waals surface area contributed by atoms with Crippen molar-refractivity contribution in [2.24, 2.45) is 5.92 Å². The summed E-state index contributed by atoms with van der Waals surface area (Å²) in [5.41, 5.74) is 1.35. The topological polar surface area (TPSA) is 63.6 Å². The largest absolute Gasteiger partial charge is 0.478 e. The second-order valence-corrected chi connectivity index (χ2v) is 8.59. The van der Waals surface area contributed by atoms with Crippen LogP contribution in [0, 0.1) is 5.92 Å². The molecule has 23 heavy (non-hydrogen) atoms. The molecule has 0 radical (unpaired) electrons. The van der Waals surface area contributed by atoms with Gasteiger partial charge in [-0.3, -0.25) is 4.57 Å². The monoisotopic (exact) mass is 338 g/mol. The summed E-state index contributed by atoms with van der Waals surface area (Å²) in [5.74, 6) is -0.812. The van der Waals surface area contributed by atoms with Gasteiger partial charge in [0.05, 0.1) is 12.8 Å². The van der Waals surface area contributed by atoms with Crippen LogP contribution in [0.4, 0.5) is 0 Å². The van der Waals surface area contributed by atoms with Gasteiger partial charge in [-0.2, -0.15) is 0 Å². The van der Waals surface area contributed by atoms with Crippen molar-refractivity contribution in [1.82, 2.24) is 0 Å². The van der Waals surface area contributed by atoms with E-state index in [1.807, 2.05) is 44.2 Å². The molecule has 1 unspecified atom stereocenters. The Morgan fingerprint density at radius 1 is 1.30 bits per heavy atom. The maximum absolute atomic E-state index is 12.8. The van der Waals surface area contributed by atoms with E-state index in [-0.39, 0.29) is 17.7 Å². The van der Waals surface area contributed by atoms with Crippen LogP contribution in [0.1, 0.15) is 32.8 Å². The van der Waals surface area contributed by atoms with E-state index in [9.17, 15) is 14.5 Å². The fraction of sp³-hybridized carbons (Fsp3) is 0.500. The number of carboxylic acids is 1. The second-order valence-electron chi connectivity index (χ2n) is 6.03. The van der Waals surface area contributed by atoms with Crippen molar-refractivity contribution < 1.29 is 19.0 Å².